The molecule has 4 aromatic rings. The van der Waals surface area contributed by atoms with Crippen LogP contribution < -0.4 is 15.5 Å². The van der Waals surface area contributed by atoms with Crippen molar-refractivity contribution in [2.45, 2.75) is 50.9 Å². The number of alkyl carbamates (subject to hydrolysis) is 1. The van der Waals surface area contributed by atoms with Crippen LogP contribution in [0.5, 0.6) is 11.5 Å². The van der Waals surface area contributed by atoms with Gasteiger partial charge in [0.1, 0.15) is 23.9 Å². The predicted molar refractivity (Wildman–Crippen MR) is 178 cm³/mol. The zero-order valence-electron chi connectivity index (χ0n) is 27.4. The standard InChI is InChI=1S/C33H37F3NO10PS/c1-31(2,3)47-30(39)37-32(18-44-20-42-4,19-45-48(40,41)43-5)14-13-21-9-12-27-26(15-21)29(38)25-11-10-24(17-28(25)49-27)46-23-8-6-7-22(16-23)33(34,35)36/h6-12,15-17H,13-14,18-20H2,1-5H3,(H,37,39)(H,40,41). The van der Waals surface area contributed by atoms with Gasteiger partial charge in [-0.3, -0.25) is 13.8 Å². The molecule has 0 saturated heterocycles. The minimum absolute atomic E-state index is 0.00577. The molecule has 2 unspecified atom stereocenters. The van der Waals surface area contributed by atoms with E-state index < -0.39 is 43.4 Å². The summed E-state index contributed by atoms with van der Waals surface area (Å²) in [5.41, 5.74) is -2.63. The number of aryl methyl sites for hydroxylation is 1. The van der Waals surface area contributed by atoms with Crippen LogP contribution in [-0.4, -0.2) is 56.4 Å². The quantitative estimate of drug-likeness (QED) is 0.0573. The van der Waals surface area contributed by atoms with E-state index in [4.69, 9.17) is 23.5 Å². The third-order valence-corrected chi connectivity index (χ3v) is 9.13. The molecule has 3 aromatic carbocycles. The third kappa shape index (κ3) is 10.7. The highest BCUT2D eigenvalue weighted by molar-refractivity contribution is 7.47. The predicted octanol–water partition coefficient (Wildman–Crippen LogP) is 7.81. The molecule has 0 aliphatic heterocycles. The molecule has 0 radical (unpaired) electrons. The first-order valence-electron chi connectivity index (χ1n) is 14.9. The van der Waals surface area contributed by atoms with E-state index in [2.05, 4.69) is 9.84 Å². The molecule has 49 heavy (non-hydrogen) atoms. The number of nitrogens with one attached hydrogen (secondary N) is 1. The Balaban J connectivity index is 1.62. The van der Waals surface area contributed by atoms with Gasteiger partial charge in [0.15, 0.2) is 5.43 Å². The maximum atomic E-state index is 13.6. The highest BCUT2D eigenvalue weighted by Crippen LogP contribution is 2.43. The van der Waals surface area contributed by atoms with Crippen LogP contribution in [0.1, 0.15) is 38.3 Å². The fourth-order valence-electron chi connectivity index (χ4n) is 4.78. The SMILES string of the molecule is COCOCC(CCc1ccc2sc3cc(Oc4cccc(C(F)(F)F)c4)ccc3c(=O)c2c1)(COP(=O)(O)OC)NC(=O)OC(C)(C)C. The molecular weight excluding hydrogens is 690 g/mol. The molecule has 11 nitrogen and oxygen atoms in total. The number of hydrogen-bond acceptors (Lipinski definition) is 10. The Morgan fingerprint density at radius 1 is 0.939 bits per heavy atom. The fourth-order valence-corrected chi connectivity index (χ4v) is 6.37. The first-order valence-corrected chi connectivity index (χ1v) is 17.2. The number of carbonyl (C=O) groups is 1. The number of carbonyl (C=O) groups excluding carboxylic acids is 1. The average Bonchev–Trinajstić information content (AvgIpc) is 3.02. The van der Waals surface area contributed by atoms with E-state index in [1.165, 1.54) is 36.6 Å². The summed E-state index contributed by atoms with van der Waals surface area (Å²) in [5, 5.41) is 3.56. The molecule has 266 valence electrons. The number of halogens is 3. The van der Waals surface area contributed by atoms with Gasteiger partial charge in [-0.15, -0.1) is 11.3 Å². The zero-order valence-corrected chi connectivity index (χ0v) is 29.1. The van der Waals surface area contributed by atoms with Crippen molar-refractivity contribution in [3.05, 3.63) is 82.0 Å². The van der Waals surface area contributed by atoms with Crippen LogP contribution >= 0.6 is 19.2 Å². The maximum absolute atomic E-state index is 13.6. The first kappa shape index (κ1) is 38.2. The van der Waals surface area contributed by atoms with Crippen molar-refractivity contribution in [1.29, 1.82) is 0 Å². The van der Waals surface area contributed by atoms with E-state index in [1.54, 1.807) is 51.1 Å². The second-order valence-electron chi connectivity index (χ2n) is 12.1. The Morgan fingerprint density at radius 2 is 1.67 bits per heavy atom. The molecule has 1 heterocycles. The minimum Gasteiger partial charge on any atom is -0.457 e. The molecule has 1 aromatic heterocycles. The van der Waals surface area contributed by atoms with Crippen LogP contribution in [0.25, 0.3) is 20.2 Å². The number of amides is 1. The van der Waals surface area contributed by atoms with Crippen molar-refractivity contribution in [3.8, 4) is 11.5 Å². The van der Waals surface area contributed by atoms with Crippen LogP contribution in [0, 0.1) is 0 Å². The van der Waals surface area contributed by atoms with Gasteiger partial charge in [-0.2, -0.15) is 13.2 Å². The molecule has 0 saturated carbocycles. The largest absolute Gasteiger partial charge is 0.471 e. The molecule has 0 fully saturated rings. The highest BCUT2D eigenvalue weighted by Gasteiger charge is 2.37. The number of phosphoric acid groups is 1. The molecule has 2 atom stereocenters. The molecule has 0 bridgehead atoms. The number of methoxy groups -OCH3 is 1. The highest BCUT2D eigenvalue weighted by atomic mass is 32.1. The number of benzene rings is 3. The monoisotopic (exact) mass is 727 g/mol. The van der Waals surface area contributed by atoms with Crippen molar-refractivity contribution in [1.82, 2.24) is 5.32 Å². The van der Waals surface area contributed by atoms with Crippen LogP contribution in [0.3, 0.4) is 0 Å². The molecule has 2 N–H and O–H groups in total. The van der Waals surface area contributed by atoms with Crippen molar-refractivity contribution in [3.63, 3.8) is 0 Å². The van der Waals surface area contributed by atoms with E-state index in [9.17, 15) is 32.2 Å². The topological polar surface area (TPSA) is 139 Å². The van der Waals surface area contributed by atoms with Gasteiger partial charge in [0.25, 0.3) is 0 Å². The van der Waals surface area contributed by atoms with Crippen molar-refractivity contribution in [2.24, 2.45) is 0 Å². The summed E-state index contributed by atoms with van der Waals surface area (Å²) in [4.78, 5) is 36.5. The van der Waals surface area contributed by atoms with E-state index in [0.29, 0.717) is 25.7 Å². The van der Waals surface area contributed by atoms with Gasteiger partial charge in [0.05, 0.1) is 24.3 Å². The summed E-state index contributed by atoms with van der Waals surface area (Å²) in [6.07, 6.45) is -4.95. The molecular formula is C33H37F3NO10PS. The third-order valence-electron chi connectivity index (χ3n) is 7.08. The van der Waals surface area contributed by atoms with Crippen LogP contribution in [0.15, 0.2) is 65.5 Å². The van der Waals surface area contributed by atoms with Crippen LogP contribution in [-0.2, 0) is 40.4 Å². The number of hydrogen-bond donors (Lipinski definition) is 2. The smallest absolute Gasteiger partial charge is 0.457 e. The lowest BCUT2D eigenvalue weighted by Gasteiger charge is -2.35. The van der Waals surface area contributed by atoms with Gasteiger partial charge < -0.3 is 29.2 Å². The molecule has 1 amide bonds. The molecule has 16 heteroatoms. The molecule has 0 aliphatic rings. The normalized spacial score (nSPS) is 14.7. The van der Waals surface area contributed by atoms with E-state index in [1.807, 2.05) is 0 Å². The average molecular weight is 728 g/mol. The van der Waals surface area contributed by atoms with Gasteiger partial charge in [-0.1, -0.05) is 12.1 Å². The van der Waals surface area contributed by atoms with Crippen LogP contribution in [0.4, 0.5) is 18.0 Å². The van der Waals surface area contributed by atoms with Crippen molar-refractivity contribution >= 4 is 45.4 Å². The van der Waals surface area contributed by atoms with Gasteiger partial charge >= 0.3 is 20.1 Å². The number of phosphoric ester groups is 1. The Kier molecular flexibility index (Phi) is 12.1. The summed E-state index contributed by atoms with van der Waals surface area (Å²) >= 11 is 1.31. The van der Waals surface area contributed by atoms with Gasteiger partial charge in [-0.25, -0.2) is 9.36 Å². The summed E-state index contributed by atoms with van der Waals surface area (Å²) < 4.78 is 84.3. The fraction of sp³-hybridized carbons (Fsp3) is 0.394. The summed E-state index contributed by atoms with van der Waals surface area (Å²) in [6, 6.07) is 14.5. The zero-order chi connectivity index (χ0) is 36.0. The maximum Gasteiger partial charge on any atom is 0.471 e. The number of ether oxygens (including phenoxy) is 4. The van der Waals surface area contributed by atoms with Gasteiger partial charge in [0, 0.05) is 34.4 Å². The Bertz CT molecular complexity index is 1900. The Labute approximate surface area is 284 Å². The van der Waals surface area contributed by atoms with E-state index >= 15 is 0 Å². The molecule has 4 rings (SSSR count). The second kappa shape index (κ2) is 15.5. The number of fused-ring (bicyclic) bond motifs is 2. The summed E-state index contributed by atoms with van der Waals surface area (Å²) in [7, 11) is -2.03. The van der Waals surface area contributed by atoms with E-state index in [0.717, 1.165) is 19.2 Å². The Morgan fingerprint density at radius 3 is 2.35 bits per heavy atom. The minimum atomic E-state index is -4.52. The summed E-state index contributed by atoms with van der Waals surface area (Å²) in [5.74, 6) is 0.275. The van der Waals surface area contributed by atoms with Crippen molar-refractivity contribution in [2.75, 3.05) is 34.2 Å². The number of alkyl halides is 3. The molecule has 0 spiro atoms. The van der Waals surface area contributed by atoms with Gasteiger partial charge in [-0.05, 0) is 87.7 Å². The van der Waals surface area contributed by atoms with E-state index in [-0.39, 0.29) is 43.2 Å². The lowest BCUT2D eigenvalue weighted by molar-refractivity contribution is -0.137. The lowest BCUT2D eigenvalue weighted by Crippen LogP contribution is -2.56. The number of rotatable bonds is 14. The second-order valence-corrected chi connectivity index (χ2v) is 14.8. The van der Waals surface area contributed by atoms with Crippen molar-refractivity contribution < 1.29 is 55.4 Å². The summed E-state index contributed by atoms with van der Waals surface area (Å²) in [6.45, 7) is 4.23. The lowest BCUT2D eigenvalue weighted by atomic mass is 9.92. The van der Waals surface area contributed by atoms with Gasteiger partial charge in [0.2, 0.25) is 0 Å². The first-order chi connectivity index (χ1) is 22.9. The molecule has 0 aliphatic carbocycles. The Hall–Kier alpha value is -3.56. The van der Waals surface area contributed by atoms with Crippen LogP contribution in [0.2, 0.25) is 0 Å².